The fourth-order valence-electron chi connectivity index (χ4n) is 2.38. The van der Waals surface area contributed by atoms with E-state index in [-0.39, 0.29) is 6.10 Å². The summed E-state index contributed by atoms with van der Waals surface area (Å²) < 4.78 is 11.1. The van der Waals surface area contributed by atoms with E-state index in [1.165, 1.54) is 5.56 Å². The Morgan fingerprint density at radius 3 is 2.52 bits per heavy atom. The molecule has 0 aromatic heterocycles. The number of nitrogens with zero attached hydrogens (tertiary/aromatic N) is 1. The summed E-state index contributed by atoms with van der Waals surface area (Å²) >= 11 is 0. The third kappa shape index (κ3) is 6.75. The van der Waals surface area contributed by atoms with Crippen LogP contribution in [0.15, 0.2) is 59.6 Å². The maximum Gasteiger partial charge on any atom is 0.191 e. The fraction of sp³-hybridized carbons (Fsp3) is 0.350. The van der Waals surface area contributed by atoms with Crippen molar-refractivity contribution in [2.24, 2.45) is 4.99 Å². The first-order chi connectivity index (χ1) is 12.2. The number of methoxy groups -OCH3 is 1. The van der Waals surface area contributed by atoms with E-state index in [0.29, 0.717) is 6.54 Å². The molecule has 0 aliphatic rings. The van der Waals surface area contributed by atoms with Gasteiger partial charge in [0.1, 0.15) is 17.6 Å². The van der Waals surface area contributed by atoms with Crippen molar-refractivity contribution in [1.82, 2.24) is 10.6 Å². The van der Waals surface area contributed by atoms with Gasteiger partial charge >= 0.3 is 0 Å². The van der Waals surface area contributed by atoms with Gasteiger partial charge in [0.05, 0.1) is 13.7 Å². The Kier molecular flexibility index (Phi) is 7.63. The van der Waals surface area contributed by atoms with E-state index in [2.05, 4.69) is 39.9 Å². The Bertz CT molecular complexity index is 659. The standard InChI is InChI=1S/C20H27N3O2/c1-16(25-19-11-7-10-18(14-19)24-3)15-23-20(21-2)22-13-12-17-8-5-4-6-9-17/h4-11,14,16H,12-13,15H2,1-3H3,(H2,21,22,23). The highest BCUT2D eigenvalue weighted by molar-refractivity contribution is 5.79. The second kappa shape index (κ2) is 10.2. The Labute approximate surface area is 150 Å². The highest BCUT2D eigenvalue weighted by atomic mass is 16.5. The van der Waals surface area contributed by atoms with Crippen molar-refractivity contribution in [2.75, 3.05) is 27.2 Å². The minimum Gasteiger partial charge on any atom is -0.497 e. The van der Waals surface area contributed by atoms with Gasteiger partial charge in [-0.05, 0) is 31.0 Å². The zero-order chi connectivity index (χ0) is 17.9. The van der Waals surface area contributed by atoms with Crippen molar-refractivity contribution < 1.29 is 9.47 Å². The van der Waals surface area contributed by atoms with E-state index in [9.17, 15) is 0 Å². The molecule has 0 aliphatic carbocycles. The third-order valence-corrected chi connectivity index (χ3v) is 3.71. The van der Waals surface area contributed by atoms with E-state index in [1.807, 2.05) is 37.3 Å². The summed E-state index contributed by atoms with van der Waals surface area (Å²) in [5, 5.41) is 6.61. The lowest BCUT2D eigenvalue weighted by atomic mass is 10.1. The molecule has 0 spiro atoms. The number of benzene rings is 2. The van der Waals surface area contributed by atoms with Crippen LogP contribution in [-0.2, 0) is 6.42 Å². The molecule has 0 saturated heterocycles. The molecule has 5 nitrogen and oxygen atoms in total. The monoisotopic (exact) mass is 341 g/mol. The van der Waals surface area contributed by atoms with Crippen molar-refractivity contribution in [3.63, 3.8) is 0 Å². The van der Waals surface area contributed by atoms with Gasteiger partial charge < -0.3 is 20.1 Å². The predicted octanol–water partition coefficient (Wildman–Crippen LogP) is 2.87. The zero-order valence-electron chi connectivity index (χ0n) is 15.2. The molecule has 5 heteroatoms. The van der Waals surface area contributed by atoms with Gasteiger partial charge in [-0.15, -0.1) is 0 Å². The fourth-order valence-corrected chi connectivity index (χ4v) is 2.38. The van der Waals surface area contributed by atoms with Crippen LogP contribution in [-0.4, -0.2) is 39.3 Å². The second-order valence-electron chi connectivity index (χ2n) is 5.72. The van der Waals surface area contributed by atoms with Gasteiger partial charge in [-0.3, -0.25) is 4.99 Å². The molecule has 0 saturated carbocycles. The number of ether oxygens (including phenoxy) is 2. The van der Waals surface area contributed by atoms with Crippen molar-refractivity contribution in [3.8, 4) is 11.5 Å². The summed E-state index contributed by atoms with van der Waals surface area (Å²) in [5.41, 5.74) is 1.31. The lowest BCUT2D eigenvalue weighted by molar-refractivity contribution is 0.223. The van der Waals surface area contributed by atoms with Crippen LogP contribution in [0.2, 0.25) is 0 Å². The number of rotatable bonds is 8. The summed E-state index contributed by atoms with van der Waals surface area (Å²) in [7, 11) is 3.42. The number of hydrogen-bond donors (Lipinski definition) is 2. The lowest BCUT2D eigenvalue weighted by Gasteiger charge is -2.18. The molecule has 0 heterocycles. The van der Waals surface area contributed by atoms with Gasteiger partial charge in [-0.25, -0.2) is 0 Å². The predicted molar refractivity (Wildman–Crippen MR) is 103 cm³/mol. The van der Waals surface area contributed by atoms with Crippen LogP contribution >= 0.6 is 0 Å². The van der Waals surface area contributed by atoms with Crippen LogP contribution in [0.25, 0.3) is 0 Å². The summed E-state index contributed by atoms with van der Waals surface area (Å²) in [6.07, 6.45) is 0.956. The largest absolute Gasteiger partial charge is 0.497 e. The summed E-state index contributed by atoms with van der Waals surface area (Å²) in [5.74, 6) is 2.36. The number of aliphatic imine (C=N–C) groups is 1. The summed E-state index contributed by atoms with van der Waals surface area (Å²) in [6, 6.07) is 18.0. The summed E-state index contributed by atoms with van der Waals surface area (Å²) in [4.78, 5) is 4.24. The van der Waals surface area contributed by atoms with Crippen molar-refractivity contribution in [1.29, 1.82) is 0 Å². The number of guanidine groups is 1. The minimum atomic E-state index is -0.000204. The van der Waals surface area contributed by atoms with Crippen molar-refractivity contribution >= 4 is 5.96 Å². The second-order valence-corrected chi connectivity index (χ2v) is 5.72. The van der Waals surface area contributed by atoms with Gasteiger partial charge in [-0.2, -0.15) is 0 Å². The zero-order valence-corrected chi connectivity index (χ0v) is 15.2. The SMILES string of the molecule is CN=C(NCCc1ccccc1)NCC(C)Oc1cccc(OC)c1. The Morgan fingerprint density at radius 2 is 1.80 bits per heavy atom. The quantitative estimate of drug-likeness (QED) is 0.573. The van der Waals surface area contributed by atoms with E-state index < -0.39 is 0 Å². The first-order valence-electron chi connectivity index (χ1n) is 8.50. The third-order valence-electron chi connectivity index (χ3n) is 3.71. The van der Waals surface area contributed by atoms with E-state index >= 15 is 0 Å². The van der Waals surface area contributed by atoms with Crippen LogP contribution in [0, 0.1) is 0 Å². The van der Waals surface area contributed by atoms with Crippen LogP contribution in [0.5, 0.6) is 11.5 Å². The maximum absolute atomic E-state index is 5.90. The van der Waals surface area contributed by atoms with E-state index in [4.69, 9.17) is 9.47 Å². The highest BCUT2D eigenvalue weighted by Gasteiger charge is 2.06. The Balaban J connectivity index is 1.72. The normalized spacial score (nSPS) is 12.4. The molecule has 2 aromatic rings. The minimum absolute atomic E-state index is 0.000204. The van der Waals surface area contributed by atoms with E-state index in [0.717, 1.165) is 30.4 Å². The molecule has 1 unspecified atom stereocenters. The number of nitrogens with one attached hydrogen (secondary N) is 2. The molecule has 2 rings (SSSR count). The molecule has 0 fully saturated rings. The van der Waals surface area contributed by atoms with Crippen LogP contribution in [0.3, 0.4) is 0 Å². The molecule has 2 N–H and O–H groups in total. The van der Waals surface area contributed by atoms with E-state index in [1.54, 1.807) is 14.2 Å². The molecule has 25 heavy (non-hydrogen) atoms. The first-order valence-corrected chi connectivity index (χ1v) is 8.50. The van der Waals surface area contributed by atoms with Gasteiger partial charge in [0.2, 0.25) is 0 Å². The first kappa shape index (κ1) is 18.6. The van der Waals surface area contributed by atoms with Crippen molar-refractivity contribution in [2.45, 2.75) is 19.4 Å². The topological polar surface area (TPSA) is 54.9 Å². The van der Waals surface area contributed by atoms with Gasteiger partial charge in [0.15, 0.2) is 5.96 Å². The highest BCUT2D eigenvalue weighted by Crippen LogP contribution is 2.19. The number of hydrogen-bond acceptors (Lipinski definition) is 3. The molecule has 0 amide bonds. The average molecular weight is 341 g/mol. The molecule has 1 atom stereocenters. The molecule has 134 valence electrons. The van der Waals surface area contributed by atoms with Crippen LogP contribution < -0.4 is 20.1 Å². The average Bonchev–Trinajstić information content (AvgIpc) is 2.65. The van der Waals surface area contributed by atoms with Gasteiger partial charge in [-0.1, -0.05) is 36.4 Å². The Hall–Kier alpha value is -2.69. The smallest absolute Gasteiger partial charge is 0.191 e. The van der Waals surface area contributed by atoms with Crippen LogP contribution in [0.4, 0.5) is 0 Å². The maximum atomic E-state index is 5.90. The van der Waals surface area contributed by atoms with Gasteiger partial charge in [0.25, 0.3) is 0 Å². The molecule has 0 bridgehead atoms. The Morgan fingerprint density at radius 1 is 1.04 bits per heavy atom. The lowest BCUT2D eigenvalue weighted by Crippen LogP contribution is -2.42. The van der Waals surface area contributed by atoms with Crippen LogP contribution in [0.1, 0.15) is 12.5 Å². The van der Waals surface area contributed by atoms with Gasteiger partial charge in [0, 0.05) is 19.7 Å². The van der Waals surface area contributed by atoms with Crippen molar-refractivity contribution in [3.05, 3.63) is 60.2 Å². The summed E-state index contributed by atoms with van der Waals surface area (Å²) in [6.45, 7) is 3.50. The molecule has 0 radical (unpaired) electrons. The molecular formula is C20H27N3O2. The molecule has 2 aromatic carbocycles. The molecular weight excluding hydrogens is 314 g/mol. The molecule has 0 aliphatic heterocycles.